The summed E-state index contributed by atoms with van der Waals surface area (Å²) in [6.07, 6.45) is 5.27. The Hall–Kier alpha value is -2.16. The largest absolute Gasteiger partial charge is 0.493 e. The van der Waals surface area contributed by atoms with Crippen molar-refractivity contribution in [1.29, 1.82) is 0 Å². The number of benzene rings is 2. The zero-order valence-electron chi connectivity index (χ0n) is 13.8. The molecule has 2 aromatic carbocycles. The second kappa shape index (κ2) is 9.21. The van der Waals surface area contributed by atoms with Crippen LogP contribution in [0, 0.1) is 12.3 Å². The van der Waals surface area contributed by atoms with Crippen LogP contribution < -0.4 is 19.5 Å². The molecule has 0 atom stereocenters. The first-order valence-corrected chi connectivity index (χ1v) is 8.24. The lowest BCUT2D eigenvalue weighted by Gasteiger charge is -2.14. The summed E-state index contributed by atoms with van der Waals surface area (Å²) >= 11 is 3.48. The van der Waals surface area contributed by atoms with Gasteiger partial charge in [-0.3, -0.25) is 0 Å². The van der Waals surface area contributed by atoms with Crippen LogP contribution in [0.1, 0.15) is 11.1 Å². The molecule has 0 heterocycles. The molecule has 126 valence electrons. The van der Waals surface area contributed by atoms with Crippen molar-refractivity contribution in [3.05, 3.63) is 52.0 Å². The molecule has 0 aliphatic heterocycles. The molecule has 0 aromatic heterocycles. The molecule has 0 saturated carbocycles. The highest BCUT2D eigenvalue weighted by Crippen LogP contribution is 2.30. The van der Waals surface area contributed by atoms with Gasteiger partial charge in [-0.25, -0.2) is 0 Å². The third-order valence-corrected chi connectivity index (χ3v) is 3.94. The van der Waals surface area contributed by atoms with E-state index >= 15 is 0 Å². The minimum Gasteiger partial charge on any atom is -0.493 e. The maximum absolute atomic E-state index is 5.58. The van der Waals surface area contributed by atoms with Gasteiger partial charge < -0.3 is 19.5 Å². The van der Waals surface area contributed by atoms with Gasteiger partial charge in [0.05, 0.1) is 14.2 Å². The zero-order chi connectivity index (χ0) is 17.4. The summed E-state index contributed by atoms with van der Waals surface area (Å²) in [4.78, 5) is 0. The molecule has 4 nitrogen and oxygen atoms in total. The number of nitrogens with one attached hydrogen (secondary N) is 1. The summed E-state index contributed by atoms with van der Waals surface area (Å²) in [6, 6.07) is 11.7. The van der Waals surface area contributed by atoms with Crippen molar-refractivity contribution in [1.82, 2.24) is 5.32 Å². The van der Waals surface area contributed by atoms with Crippen LogP contribution in [0.4, 0.5) is 0 Å². The Balaban J connectivity index is 2.07. The Labute approximate surface area is 151 Å². The quantitative estimate of drug-likeness (QED) is 0.697. The number of methoxy groups -OCH3 is 2. The van der Waals surface area contributed by atoms with Crippen LogP contribution in [0.5, 0.6) is 17.2 Å². The highest BCUT2D eigenvalue weighted by Gasteiger charge is 2.10. The topological polar surface area (TPSA) is 39.7 Å². The lowest BCUT2D eigenvalue weighted by Crippen LogP contribution is -2.14. The maximum atomic E-state index is 5.58. The molecule has 0 unspecified atom stereocenters. The van der Waals surface area contributed by atoms with Crippen molar-refractivity contribution >= 4 is 15.9 Å². The van der Waals surface area contributed by atoms with Crippen molar-refractivity contribution in [2.75, 3.05) is 20.8 Å². The van der Waals surface area contributed by atoms with Gasteiger partial charge in [-0.1, -0.05) is 34.0 Å². The SMILES string of the molecule is C#CCOc1ccc(Br)cc1CNCc1cccc(OC)c1OC. The van der Waals surface area contributed by atoms with E-state index < -0.39 is 0 Å². The average molecular weight is 390 g/mol. The summed E-state index contributed by atoms with van der Waals surface area (Å²) in [6.45, 7) is 1.53. The van der Waals surface area contributed by atoms with Crippen LogP contribution in [0.3, 0.4) is 0 Å². The van der Waals surface area contributed by atoms with Crippen LogP contribution in [-0.2, 0) is 13.1 Å². The number of rotatable bonds is 8. The first-order valence-electron chi connectivity index (χ1n) is 7.45. The molecule has 2 rings (SSSR count). The average Bonchev–Trinajstić information content (AvgIpc) is 2.60. The minimum absolute atomic E-state index is 0.248. The molecular weight excluding hydrogens is 370 g/mol. The molecular formula is C19H20BrNO3. The molecule has 0 fully saturated rings. The van der Waals surface area contributed by atoms with E-state index in [0.717, 1.165) is 32.8 Å². The van der Waals surface area contributed by atoms with Crippen molar-refractivity contribution < 1.29 is 14.2 Å². The second-order valence-corrected chi connectivity index (χ2v) is 5.92. The normalized spacial score (nSPS) is 10.1. The molecule has 1 N–H and O–H groups in total. The fourth-order valence-corrected chi connectivity index (χ4v) is 2.78. The highest BCUT2D eigenvalue weighted by molar-refractivity contribution is 9.10. The summed E-state index contributed by atoms with van der Waals surface area (Å²) in [5.41, 5.74) is 2.06. The van der Waals surface area contributed by atoms with E-state index in [9.17, 15) is 0 Å². The smallest absolute Gasteiger partial charge is 0.165 e. The van der Waals surface area contributed by atoms with E-state index in [1.807, 2.05) is 36.4 Å². The fraction of sp³-hybridized carbons (Fsp3) is 0.263. The first-order chi connectivity index (χ1) is 11.7. The molecule has 5 heteroatoms. The van der Waals surface area contributed by atoms with E-state index in [0.29, 0.717) is 13.1 Å². The van der Waals surface area contributed by atoms with E-state index in [-0.39, 0.29) is 6.61 Å². The molecule has 24 heavy (non-hydrogen) atoms. The van der Waals surface area contributed by atoms with E-state index in [1.54, 1.807) is 14.2 Å². The Morgan fingerprint density at radius 3 is 2.54 bits per heavy atom. The number of para-hydroxylation sites is 1. The molecule has 0 radical (unpaired) electrons. The van der Waals surface area contributed by atoms with Crippen LogP contribution in [-0.4, -0.2) is 20.8 Å². The number of terminal acetylenes is 1. The van der Waals surface area contributed by atoms with E-state index in [2.05, 4.69) is 27.2 Å². The minimum atomic E-state index is 0.248. The van der Waals surface area contributed by atoms with Gasteiger partial charge >= 0.3 is 0 Å². The Bertz CT molecular complexity index is 725. The van der Waals surface area contributed by atoms with Crippen LogP contribution in [0.25, 0.3) is 0 Å². The number of halogens is 1. The van der Waals surface area contributed by atoms with Gasteiger partial charge in [0, 0.05) is 28.7 Å². The molecule has 0 bridgehead atoms. The van der Waals surface area contributed by atoms with Crippen LogP contribution in [0.15, 0.2) is 40.9 Å². The number of hydrogen-bond acceptors (Lipinski definition) is 4. The number of hydrogen-bond donors (Lipinski definition) is 1. The van der Waals surface area contributed by atoms with Gasteiger partial charge in [0.1, 0.15) is 12.4 Å². The standard InChI is InChI=1S/C19H20BrNO3/c1-4-10-24-17-9-8-16(20)11-15(17)13-21-12-14-6-5-7-18(22-2)19(14)23-3/h1,5-9,11,21H,10,12-13H2,2-3H3. The lowest BCUT2D eigenvalue weighted by molar-refractivity contribution is 0.350. The lowest BCUT2D eigenvalue weighted by atomic mass is 10.1. The van der Waals surface area contributed by atoms with Gasteiger partial charge in [0.25, 0.3) is 0 Å². The van der Waals surface area contributed by atoms with Crippen molar-refractivity contribution in [2.45, 2.75) is 13.1 Å². The summed E-state index contributed by atoms with van der Waals surface area (Å²) in [5.74, 6) is 4.72. The molecule has 0 spiro atoms. The molecule has 0 aliphatic carbocycles. The molecule has 0 aliphatic rings. The third kappa shape index (κ3) is 4.67. The summed E-state index contributed by atoms with van der Waals surface area (Å²) in [7, 11) is 3.27. The van der Waals surface area contributed by atoms with Gasteiger partial charge in [0.15, 0.2) is 11.5 Å². The predicted molar refractivity (Wildman–Crippen MR) is 98.6 cm³/mol. The number of ether oxygens (including phenoxy) is 3. The Morgan fingerprint density at radius 1 is 1.04 bits per heavy atom. The van der Waals surface area contributed by atoms with Crippen LogP contribution in [0.2, 0.25) is 0 Å². The Kier molecular flexibility index (Phi) is 6.98. The zero-order valence-corrected chi connectivity index (χ0v) is 15.4. The van der Waals surface area contributed by atoms with Crippen LogP contribution >= 0.6 is 15.9 Å². The Morgan fingerprint density at radius 2 is 1.83 bits per heavy atom. The fourth-order valence-electron chi connectivity index (χ4n) is 2.37. The summed E-state index contributed by atoms with van der Waals surface area (Å²) in [5, 5.41) is 3.40. The van der Waals surface area contributed by atoms with Gasteiger partial charge in [0.2, 0.25) is 0 Å². The first kappa shape index (κ1) is 18.2. The molecule has 0 amide bonds. The van der Waals surface area contributed by atoms with Gasteiger partial charge in [-0.05, 0) is 24.3 Å². The predicted octanol–water partition coefficient (Wildman–Crippen LogP) is 3.77. The third-order valence-electron chi connectivity index (χ3n) is 3.45. The molecule has 2 aromatic rings. The second-order valence-electron chi connectivity index (χ2n) is 5.00. The van der Waals surface area contributed by atoms with E-state index in [1.165, 1.54) is 0 Å². The molecule has 0 saturated heterocycles. The highest BCUT2D eigenvalue weighted by atomic mass is 79.9. The van der Waals surface area contributed by atoms with Gasteiger partial charge in [-0.15, -0.1) is 6.42 Å². The van der Waals surface area contributed by atoms with E-state index in [4.69, 9.17) is 20.6 Å². The van der Waals surface area contributed by atoms with Gasteiger partial charge in [-0.2, -0.15) is 0 Å². The monoisotopic (exact) mass is 389 g/mol. The maximum Gasteiger partial charge on any atom is 0.165 e. The van der Waals surface area contributed by atoms with Crippen molar-refractivity contribution in [3.63, 3.8) is 0 Å². The summed E-state index contributed by atoms with van der Waals surface area (Å²) < 4.78 is 17.3. The van der Waals surface area contributed by atoms with Crippen molar-refractivity contribution in [2.24, 2.45) is 0 Å². The van der Waals surface area contributed by atoms with Crippen molar-refractivity contribution in [3.8, 4) is 29.6 Å².